The lowest BCUT2D eigenvalue weighted by Gasteiger charge is -2.34. The van der Waals surface area contributed by atoms with Gasteiger partial charge in [-0.2, -0.15) is 11.3 Å². The maximum atomic E-state index is 6.40. The fraction of sp³-hybridized carbons (Fsp3) is 0.714. The molecule has 0 aromatic carbocycles. The molecule has 1 saturated heterocycles. The third-order valence-electron chi connectivity index (χ3n) is 3.52. The van der Waals surface area contributed by atoms with E-state index in [1.165, 1.54) is 24.9 Å². The average Bonchev–Trinajstić information content (AvgIpc) is 2.71. The molecule has 17 heavy (non-hydrogen) atoms. The first kappa shape index (κ1) is 13.1. The van der Waals surface area contributed by atoms with E-state index >= 15 is 0 Å². The zero-order chi connectivity index (χ0) is 12.3. The molecule has 1 aliphatic rings. The van der Waals surface area contributed by atoms with Crippen molar-refractivity contribution in [3.05, 3.63) is 22.4 Å². The largest absolute Gasteiger partial charge is 0.326 e. The first-order valence-electron chi connectivity index (χ1n) is 6.70. The standard InChI is InChI=1S/C14H24N2S/c1-11(2)9-16-7-4-3-5-13(15)14(16)12-6-8-17-10-12/h6,8,10-11,13-14H,3-5,7,9,15H2,1-2H3. The van der Waals surface area contributed by atoms with Crippen LogP contribution in [0.15, 0.2) is 16.8 Å². The number of hydrogen-bond acceptors (Lipinski definition) is 3. The highest BCUT2D eigenvalue weighted by Crippen LogP contribution is 2.31. The van der Waals surface area contributed by atoms with E-state index in [4.69, 9.17) is 5.73 Å². The first-order chi connectivity index (χ1) is 8.18. The lowest BCUT2D eigenvalue weighted by molar-refractivity contribution is 0.166. The third-order valence-corrected chi connectivity index (χ3v) is 4.22. The lowest BCUT2D eigenvalue weighted by Crippen LogP contribution is -2.41. The quantitative estimate of drug-likeness (QED) is 0.894. The molecule has 96 valence electrons. The molecule has 1 aliphatic heterocycles. The highest BCUT2D eigenvalue weighted by molar-refractivity contribution is 7.07. The zero-order valence-corrected chi connectivity index (χ0v) is 11.7. The summed E-state index contributed by atoms with van der Waals surface area (Å²) in [7, 11) is 0. The van der Waals surface area contributed by atoms with Crippen LogP contribution in [0.25, 0.3) is 0 Å². The van der Waals surface area contributed by atoms with Gasteiger partial charge in [-0.1, -0.05) is 20.3 Å². The van der Waals surface area contributed by atoms with E-state index in [2.05, 4.69) is 35.6 Å². The molecule has 2 atom stereocenters. The topological polar surface area (TPSA) is 29.3 Å². The third kappa shape index (κ3) is 3.30. The van der Waals surface area contributed by atoms with Gasteiger partial charge in [0.05, 0.1) is 6.04 Å². The zero-order valence-electron chi connectivity index (χ0n) is 10.9. The summed E-state index contributed by atoms with van der Waals surface area (Å²) in [5.41, 5.74) is 7.82. The van der Waals surface area contributed by atoms with Crippen LogP contribution in [0.5, 0.6) is 0 Å². The fourth-order valence-corrected chi connectivity index (χ4v) is 3.53. The minimum Gasteiger partial charge on any atom is -0.326 e. The Kier molecular flexibility index (Phi) is 4.60. The monoisotopic (exact) mass is 252 g/mol. The van der Waals surface area contributed by atoms with Gasteiger partial charge in [0.25, 0.3) is 0 Å². The molecule has 1 aromatic rings. The highest BCUT2D eigenvalue weighted by Gasteiger charge is 2.29. The minimum absolute atomic E-state index is 0.297. The molecule has 2 nitrogen and oxygen atoms in total. The molecule has 0 aliphatic carbocycles. The first-order valence-corrected chi connectivity index (χ1v) is 7.64. The van der Waals surface area contributed by atoms with E-state index in [0.717, 1.165) is 13.0 Å². The number of nitrogens with zero attached hydrogens (tertiary/aromatic N) is 1. The van der Waals surface area contributed by atoms with Gasteiger partial charge >= 0.3 is 0 Å². The molecule has 1 fully saturated rings. The van der Waals surface area contributed by atoms with Crippen molar-refractivity contribution in [2.45, 2.75) is 45.2 Å². The predicted octanol–water partition coefficient (Wildman–Crippen LogP) is 3.26. The van der Waals surface area contributed by atoms with Crippen molar-refractivity contribution >= 4 is 11.3 Å². The van der Waals surface area contributed by atoms with Gasteiger partial charge in [-0.15, -0.1) is 0 Å². The molecule has 0 bridgehead atoms. The van der Waals surface area contributed by atoms with E-state index in [1.54, 1.807) is 11.3 Å². The second kappa shape index (κ2) is 5.98. The molecule has 0 spiro atoms. The van der Waals surface area contributed by atoms with Gasteiger partial charge in [-0.25, -0.2) is 0 Å². The van der Waals surface area contributed by atoms with E-state index in [-0.39, 0.29) is 0 Å². The van der Waals surface area contributed by atoms with Crippen LogP contribution in [-0.4, -0.2) is 24.0 Å². The van der Waals surface area contributed by atoms with Gasteiger partial charge in [0, 0.05) is 12.6 Å². The summed E-state index contributed by atoms with van der Waals surface area (Å²) in [5, 5.41) is 4.43. The lowest BCUT2D eigenvalue weighted by atomic mass is 9.98. The number of thiophene rings is 1. The van der Waals surface area contributed by atoms with Gasteiger partial charge in [0.2, 0.25) is 0 Å². The van der Waals surface area contributed by atoms with Crippen LogP contribution < -0.4 is 5.73 Å². The Morgan fingerprint density at radius 3 is 2.94 bits per heavy atom. The van der Waals surface area contributed by atoms with Gasteiger partial charge in [-0.3, -0.25) is 4.90 Å². The molecule has 0 saturated carbocycles. The van der Waals surface area contributed by atoms with Crippen molar-refractivity contribution < 1.29 is 0 Å². The summed E-state index contributed by atoms with van der Waals surface area (Å²) < 4.78 is 0. The Bertz CT molecular complexity index is 321. The smallest absolute Gasteiger partial charge is 0.0507 e. The molecule has 0 radical (unpaired) electrons. The number of likely N-dealkylation sites (tertiary alicyclic amines) is 1. The van der Waals surface area contributed by atoms with Crippen molar-refractivity contribution in [2.24, 2.45) is 11.7 Å². The molecule has 1 aromatic heterocycles. The van der Waals surface area contributed by atoms with Crippen LogP contribution in [0.2, 0.25) is 0 Å². The van der Waals surface area contributed by atoms with E-state index in [0.29, 0.717) is 18.0 Å². The molecular formula is C14H24N2S. The van der Waals surface area contributed by atoms with Crippen molar-refractivity contribution in [3.63, 3.8) is 0 Å². The van der Waals surface area contributed by atoms with Crippen LogP contribution in [0.4, 0.5) is 0 Å². The highest BCUT2D eigenvalue weighted by atomic mass is 32.1. The number of rotatable bonds is 3. The summed E-state index contributed by atoms with van der Waals surface area (Å²) in [6.07, 6.45) is 3.73. The van der Waals surface area contributed by atoms with Gasteiger partial charge in [0.15, 0.2) is 0 Å². The Labute approximate surface area is 109 Å². The normalized spacial score (nSPS) is 27.3. The van der Waals surface area contributed by atoms with Gasteiger partial charge in [-0.05, 0) is 47.7 Å². The Balaban J connectivity index is 2.19. The molecule has 2 heterocycles. The molecule has 2 rings (SSSR count). The maximum Gasteiger partial charge on any atom is 0.0507 e. The summed E-state index contributed by atoms with van der Waals surface area (Å²) in [5.74, 6) is 0.710. The Morgan fingerprint density at radius 2 is 2.29 bits per heavy atom. The number of nitrogens with two attached hydrogens (primary N) is 1. The molecule has 2 unspecified atom stereocenters. The summed E-state index contributed by atoms with van der Waals surface area (Å²) in [6, 6.07) is 2.98. The molecule has 3 heteroatoms. The SMILES string of the molecule is CC(C)CN1CCCCC(N)C1c1ccsc1. The number of hydrogen-bond donors (Lipinski definition) is 1. The molecular weight excluding hydrogens is 228 g/mol. The average molecular weight is 252 g/mol. The summed E-state index contributed by atoms with van der Waals surface area (Å²) in [6.45, 7) is 6.95. The predicted molar refractivity (Wildman–Crippen MR) is 75.3 cm³/mol. The molecule has 0 amide bonds. The second-order valence-electron chi connectivity index (χ2n) is 5.55. The van der Waals surface area contributed by atoms with Gasteiger partial charge in [0.1, 0.15) is 0 Å². The van der Waals surface area contributed by atoms with Crippen LogP contribution >= 0.6 is 11.3 Å². The van der Waals surface area contributed by atoms with Crippen molar-refractivity contribution in [2.75, 3.05) is 13.1 Å². The van der Waals surface area contributed by atoms with E-state index in [9.17, 15) is 0 Å². The van der Waals surface area contributed by atoms with E-state index in [1.807, 2.05) is 0 Å². The Hall–Kier alpha value is -0.380. The summed E-state index contributed by atoms with van der Waals surface area (Å²) >= 11 is 1.78. The maximum absolute atomic E-state index is 6.40. The summed E-state index contributed by atoms with van der Waals surface area (Å²) in [4.78, 5) is 2.60. The van der Waals surface area contributed by atoms with Crippen molar-refractivity contribution in [1.29, 1.82) is 0 Å². The van der Waals surface area contributed by atoms with Crippen LogP contribution in [0, 0.1) is 5.92 Å². The second-order valence-corrected chi connectivity index (χ2v) is 6.33. The van der Waals surface area contributed by atoms with Gasteiger partial charge < -0.3 is 5.73 Å². The van der Waals surface area contributed by atoms with E-state index < -0.39 is 0 Å². The van der Waals surface area contributed by atoms with Crippen molar-refractivity contribution in [1.82, 2.24) is 4.90 Å². The van der Waals surface area contributed by atoms with Crippen LogP contribution in [0.3, 0.4) is 0 Å². The Morgan fingerprint density at radius 1 is 1.47 bits per heavy atom. The minimum atomic E-state index is 0.297. The fourth-order valence-electron chi connectivity index (χ4n) is 2.84. The van der Waals surface area contributed by atoms with Crippen LogP contribution in [0.1, 0.15) is 44.7 Å². The van der Waals surface area contributed by atoms with Crippen LogP contribution in [-0.2, 0) is 0 Å². The molecule has 2 N–H and O–H groups in total. The van der Waals surface area contributed by atoms with Crippen molar-refractivity contribution in [3.8, 4) is 0 Å².